The number of hydrogen-bond donors (Lipinski definition) is 2. The molecule has 2 N–H and O–H groups in total. The summed E-state index contributed by atoms with van der Waals surface area (Å²) in [5.41, 5.74) is -1.68. The van der Waals surface area contributed by atoms with Gasteiger partial charge in [-0.05, 0) is 145 Å². The highest BCUT2D eigenvalue weighted by Gasteiger charge is 2.74. The van der Waals surface area contributed by atoms with E-state index in [9.17, 15) is 15.0 Å². The maximum atomic E-state index is 15.3. The fourth-order valence-electron chi connectivity index (χ4n) is 15.2. The molecule has 11 atom stereocenters. The molecule has 0 aliphatic heterocycles. The minimum absolute atomic E-state index is 0.000848. The number of fused-ring (bicyclic) bond motifs is 5. The van der Waals surface area contributed by atoms with Gasteiger partial charge in [-0.15, -0.1) is 11.3 Å². The molecule has 1 amide bonds. The molecular formula is C52H59NO5S. The molecule has 13 rings (SSSR count). The van der Waals surface area contributed by atoms with Gasteiger partial charge in [0.05, 0.1) is 23.1 Å². The smallest absolute Gasteiger partial charge is 0.410 e. The summed E-state index contributed by atoms with van der Waals surface area (Å²) in [4.78, 5) is 32.6. The lowest BCUT2D eigenvalue weighted by Crippen LogP contribution is -2.67. The fourth-order valence-corrected chi connectivity index (χ4v) is 16.2. The van der Waals surface area contributed by atoms with Crippen LogP contribution in [0.2, 0.25) is 0 Å². The number of hydrogen-bond acceptors (Lipinski definition) is 6. The molecule has 2 spiro atoms. The van der Waals surface area contributed by atoms with Crippen molar-refractivity contribution in [2.75, 3.05) is 13.1 Å². The molecule has 4 aromatic rings. The van der Waals surface area contributed by atoms with Gasteiger partial charge in [-0.25, -0.2) is 4.79 Å². The first-order valence-corrected chi connectivity index (χ1v) is 23.3. The molecule has 0 radical (unpaired) electrons. The molecule has 0 saturated heterocycles. The third-order valence-electron chi connectivity index (χ3n) is 18.7. The maximum Gasteiger partial charge on any atom is 0.415 e. The highest BCUT2D eigenvalue weighted by atomic mass is 32.1. The third kappa shape index (κ3) is 5.22. The summed E-state index contributed by atoms with van der Waals surface area (Å²) in [5, 5.41) is 27.8. The summed E-state index contributed by atoms with van der Waals surface area (Å²) in [7, 11) is 0. The highest BCUT2D eigenvalue weighted by Crippen LogP contribution is 2.78. The number of thiophene rings is 1. The average molecular weight is 810 g/mol. The summed E-state index contributed by atoms with van der Waals surface area (Å²) >= 11 is 1.57. The fraction of sp³-hybridized carbons (Fsp3) is 0.538. The van der Waals surface area contributed by atoms with Crippen molar-refractivity contribution in [1.82, 2.24) is 4.90 Å². The largest absolute Gasteiger partial charge is 0.415 e. The standard InChI is InChI=1S/C52H59NO5S/c1-47(2)36-15-13-35(39(47)27-36)30-53(46(56)58-38-16-14-32-9-5-6-10-33(32)25-38)31-51(57)22-19-44-49(51,4)21-18-43-48(3)20-17-37(54)28-50(48)23-24-52(43,44)40(29-50)45(55)42-26-34-11-7-8-12-41(34)59-42/h5-12,14,16,23-26,29,35-37,39,43-44,54,57H,13,15,17-22,27-28,30-31H2,1-4H3. The Kier molecular flexibility index (Phi) is 8.33. The molecule has 308 valence electrons. The number of carbonyl (C=O) groups excluding carboxylic acids is 2. The SMILES string of the molecule is CC1(C)C2CCC(CN(CC3(O)CCC4C56C=CC7(C=C5C(=O)c5cc8ccccc8s5)CC(O)CCC7(C)C6CCC43C)C(=O)Oc3ccc4ccccc4c3)C1C2. The van der Waals surface area contributed by atoms with Crippen LogP contribution in [0, 0.1) is 56.7 Å². The zero-order valence-electron chi connectivity index (χ0n) is 35.1. The summed E-state index contributed by atoms with van der Waals surface area (Å²) in [6.07, 6.45) is 15.1. The zero-order chi connectivity index (χ0) is 40.7. The van der Waals surface area contributed by atoms with E-state index in [1.807, 2.05) is 53.4 Å². The number of benzene rings is 3. The molecule has 6 fully saturated rings. The average Bonchev–Trinajstić information content (AvgIpc) is 3.78. The van der Waals surface area contributed by atoms with E-state index in [1.165, 1.54) is 12.8 Å². The molecule has 6 saturated carbocycles. The monoisotopic (exact) mass is 809 g/mol. The van der Waals surface area contributed by atoms with Crippen LogP contribution in [-0.2, 0) is 0 Å². The zero-order valence-corrected chi connectivity index (χ0v) is 35.9. The molecule has 6 nitrogen and oxygen atoms in total. The Bertz CT molecular complexity index is 2430. The second-order valence-corrected chi connectivity index (χ2v) is 22.3. The number of nitrogens with zero attached hydrogens (tertiary/aromatic N) is 1. The van der Waals surface area contributed by atoms with Crippen LogP contribution < -0.4 is 4.74 Å². The van der Waals surface area contributed by atoms with E-state index >= 15 is 4.79 Å². The second kappa shape index (κ2) is 12.9. The Labute approximate surface area is 352 Å². The van der Waals surface area contributed by atoms with E-state index in [0.717, 1.165) is 75.8 Å². The van der Waals surface area contributed by atoms with Crippen LogP contribution in [0.25, 0.3) is 20.9 Å². The Morgan fingerprint density at radius 3 is 2.32 bits per heavy atom. The van der Waals surface area contributed by atoms with Gasteiger partial charge in [-0.1, -0.05) is 94.5 Å². The molecule has 1 heterocycles. The van der Waals surface area contributed by atoms with Crippen LogP contribution in [0.3, 0.4) is 0 Å². The van der Waals surface area contributed by atoms with Crippen molar-refractivity contribution >= 4 is 44.1 Å². The van der Waals surface area contributed by atoms with Crippen LogP contribution in [0.1, 0.15) is 102 Å². The highest BCUT2D eigenvalue weighted by molar-refractivity contribution is 7.21. The van der Waals surface area contributed by atoms with Crippen LogP contribution in [0.5, 0.6) is 5.75 Å². The Balaban J connectivity index is 0.968. The second-order valence-electron chi connectivity index (χ2n) is 21.2. The summed E-state index contributed by atoms with van der Waals surface area (Å²) in [6.45, 7) is 10.3. The van der Waals surface area contributed by atoms with E-state index in [1.54, 1.807) is 11.3 Å². The first-order chi connectivity index (χ1) is 28.2. The van der Waals surface area contributed by atoms with Crippen molar-refractivity contribution < 1.29 is 24.5 Å². The lowest BCUT2D eigenvalue weighted by molar-refractivity contribution is -0.176. The Hall–Kier alpha value is -3.78. The van der Waals surface area contributed by atoms with Crippen molar-refractivity contribution in [2.45, 2.75) is 104 Å². The molecular weight excluding hydrogens is 751 g/mol. The van der Waals surface area contributed by atoms with E-state index in [0.29, 0.717) is 37.0 Å². The lowest BCUT2D eigenvalue weighted by atomic mass is 9.32. The minimum atomic E-state index is -1.18. The van der Waals surface area contributed by atoms with Gasteiger partial charge in [0.2, 0.25) is 0 Å². The number of aliphatic hydroxyl groups is 2. The molecule has 1 aromatic heterocycles. The lowest BCUT2D eigenvalue weighted by Gasteiger charge is -2.71. The molecule has 59 heavy (non-hydrogen) atoms. The van der Waals surface area contributed by atoms with Gasteiger partial charge in [0.1, 0.15) is 5.75 Å². The van der Waals surface area contributed by atoms with Crippen molar-refractivity contribution in [3.05, 3.63) is 101 Å². The Morgan fingerprint density at radius 2 is 1.54 bits per heavy atom. The van der Waals surface area contributed by atoms with Gasteiger partial charge >= 0.3 is 6.09 Å². The molecule has 4 bridgehead atoms. The van der Waals surface area contributed by atoms with E-state index in [4.69, 9.17) is 4.74 Å². The Morgan fingerprint density at radius 1 is 0.814 bits per heavy atom. The summed E-state index contributed by atoms with van der Waals surface area (Å²) < 4.78 is 7.39. The van der Waals surface area contributed by atoms with Gasteiger partial charge in [0.15, 0.2) is 5.78 Å². The summed E-state index contributed by atoms with van der Waals surface area (Å²) in [6, 6.07) is 24.3. The van der Waals surface area contributed by atoms with Gasteiger partial charge < -0.3 is 19.8 Å². The number of aliphatic hydroxyl groups excluding tert-OH is 1. The summed E-state index contributed by atoms with van der Waals surface area (Å²) in [5.74, 6) is 2.47. The number of amides is 1. The van der Waals surface area contributed by atoms with Crippen molar-refractivity contribution in [2.24, 2.45) is 56.7 Å². The van der Waals surface area contributed by atoms with Gasteiger partial charge in [-0.3, -0.25) is 4.79 Å². The first-order valence-electron chi connectivity index (χ1n) is 22.5. The third-order valence-corrected chi connectivity index (χ3v) is 19.8. The molecule has 11 unspecified atom stereocenters. The number of allylic oxidation sites excluding steroid dienone is 4. The van der Waals surface area contributed by atoms with Crippen LogP contribution >= 0.6 is 11.3 Å². The first kappa shape index (κ1) is 38.2. The predicted octanol–water partition coefficient (Wildman–Crippen LogP) is 11.4. The van der Waals surface area contributed by atoms with Gasteiger partial charge in [0.25, 0.3) is 0 Å². The van der Waals surface area contributed by atoms with Crippen molar-refractivity contribution in [3.8, 4) is 5.75 Å². The maximum absolute atomic E-state index is 15.3. The molecule has 9 aliphatic carbocycles. The topological polar surface area (TPSA) is 87.1 Å². The quantitative estimate of drug-likeness (QED) is 0.143. The van der Waals surface area contributed by atoms with Gasteiger partial charge in [-0.2, -0.15) is 0 Å². The van der Waals surface area contributed by atoms with Crippen LogP contribution in [-0.4, -0.2) is 51.8 Å². The normalized spacial score (nSPS) is 39.8. The van der Waals surface area contributed by atoms with Crippen molar-refractivity contribution in [1.29, 1.82) is 0 Å². The molecule has 3 aromatic carbocycles. The van der Waals surface area contributed by atoms with Crippen LogP contribution in [0.15, 0.2) is 96.6 Å². The van der Waals surface area contributed by atoms with E-state index < -0.39 is 22.5 Å². The molecule has 9 aliphatic rings. The van der Waals surface area contributed by atoms with E-state index in [-0.39, 0.29) is 46.5 Å². The van der Waals surface area contributed by atoms with E-state index in [2.05, 4.69) is 70.2 Å². The predicted molar refractivity (Wildman–Crippen MR) is 234 cm³/mol. The molecule has 7 heteroatoms. The van der Waals surface area contributed by atoms with Crippen molar-refractivity contribution in [3.63, 3.8) is 0 Å². The minimum Gasteiger partial charge on any atom is -0.410 e. The van der Waals surface area contributed by atoms with Crippen LogP contribution in [0.4, 0.5) is 4.79 Å². The number of Topliss-reactive ketones (excluding diaryl/α,β-unsaturated/α-hetero) is 1. The number of carbonyl (C=O) groups is 2. The van der Waals surface area contributed by atoms with Gasteiger partial charge in [0, 0.05) is 33.1 Å². The number of ether oxygens (including phenoxy) is 1. The number of rotatable bonds is 7. The number of ketones is 1.